The van der Waals surface area contributed by atoms with Crippen LogP contribution in [0.5, 0.6) is 0 Å². The van der Waals surface area contributed by atoms with Crippen LogP contribution < -0.4 is 0 Å². The first-order chi connectivity index (χ1) is 10.1. The maximum Gasteiger partial charge on any atom is 0.331 e. The molecule has 0 aromatic heterocycles. The fraction of sp³-hybridized carbons (Fsp3) is 0.737. The lowest BCUT2D eigenvalue weighted by Gasteiger charge is -2.30. The molecule has 0 fully saturated rings. The van der Waals surface area contributed by atoms with Crippen molar-refractivity contribution in [2.75, 3.05) is 7.11 Å². The second kappa shape index (κ2) is 9.83. The maximum atomic E-state index is 11.5. The summed E-state index contributed by atoms with van der Waals surface area (Å²) in [7, 11) is 1.77. The second-order valence-corrected chi connectivity index (χ2v) is 7.00. The van der Waals surface area contributed by atoms with Gasteiger partial charge in [-0.2, -0.15) is 0 Å². The van der Waals surface area contributed by atoms with Crippen LogP contribution in [0.2, 0.25) is 0 Å². The van der Waals surface area contributed by atoms with E-state index in [1.165, 1.54) is 0 Å². The third kappa shape index (κ3) is 9.04. The molecule has 2 unspecified atom stereocenters. The van der Waals surface area contributed by atoms with E-state index < -0.39 is 0 Å². The van der Waals surface area contributed by atoms with Crippen molar-refractivity contribution in [2.24, 2.45) is 11.8 Å². The lowest BCUT2D eigenvalue weighted by Crippen LogP contribution is -2.31. The van der Waals surface area contributed by atoms with Crippen LogP contribution >= 0.6 is 0 Å². The monoisotopic (exact) mass is 310 g/mol. The number of hydrogen-bond donors (Lipinski definition) is 0. The standard InChI is InChI=1S/C19H34O3/c1-14(2)22-18(20)13-16(4)10-9-15(3)11-12-17(5)19(6,7)21-8/h9-10,13-15,17H,11-12H2,1-8H3. The molecule has 0 aliphatic carbocycles. The second-order valence-electron chi connectivity index (χ2n) is 7.00. The first-order valence-electron chi connectivity index (χ1n) is 8.20. The molecule has 0 aromatic rings. The molecule has 0 bridgehead atoms. The first kappa shape index (κ1) is 20.9. The molecule has 0 radical (unpaired) electrons. The van der Waals surface area contributed by atoms with Gasteiger partial charge in [-0.15, -0.1) is 0 Å². The Labute approximate surface area is 136 Å². The highest BCUT2D eigenvalue weighted by molar-refractivity contribution is 5.83. The average Bonchev–Trinajstić information content (AvgIpc) is 2.41. The van der Waals surface area contributed by atoms with Gasteiger partial charge in [0, 0.05) is 13.2 Å². The fourth-order valence-electron chi connectivity index (χ4n) is 1.97. The molecule has 0 aliphatic heterocycles. The van der Waals surface area contributed by atoms with Crippen LogP contribution in [0.3, 0.4) is 0 Å². The zero-order valence-electron chi connectivity index (χ0n) is 15.6. The number of carbonyl (C=O) groups is 1. The number of allylic oxidation sites excluding steroid dienone is 3. The number of ether oxygens (including phenoxy) is 2. The van der Waals surface area contributed by atoms with Gasteiger partial charge in [-0.1, -0.05) is 26.0 Å². The van der Waals surface area contributed by atoms with Crippen molar-refractivity contribution in [2.45, 2.75) is 73.0 Å². The van der Waals surface area contributed by atoms with Gasteiger partial charge in [0.15, 0.2) is 0 Å². The molecule has 0 spiro atoms. The Balaban J connectivity index is 4.33. The molecule has 0 heterocycles. The molecule has 128 valence electrons. The lowest BCUT2D eigenvalue weighted by molar-refractivity contribution is -0.141. The van der Waals surface area contributed by atoms with Crippen LogP contribution in [0.15, 0.2) is 23.8 Å². The zero-order valence-corrected chi connectivity index (χ0v) is 15.6. The molecule has 22 heavy (non-hydrogen) atoms. The highest BCUT2D eigenvalue weighted by Gasteiger charge is 2.24. The van der Waals surface area contributed by atoms with Gasteiger partial charge < -0.3 is 9.47 Å². The van der Waals surface area contributed by atoms with E-state index in [0.29, 0.717) is 11.8 Å². The van der Waals surface area contributed by atoms with Gasteiger partial charge in [0.1, 0.15) is 0 Å². The Bertz CT molecular complexity index is 391. The summed E-state index contributed by atoms with van der Waals surface area (Å²) in [6, 6.07) is 0. The van der Waals surface area contributed by atoms with Crippen molar-refractivity contribution in [1.82, 2.24) is 0 Å². The van der Waals surface area contributed by atoms with Gasteiger partial charge in [-0.25, -0.2) is 4.79 Å². The Morgan fingerprint density at radius 2 is 1.73 bits per heavy atom. The molecule has 0 amide bonds. The van der Waals surface area contributed by atoms with Crippen LogP contribution in [0.4, 0.5) is 0 Å². The van der Waals surface area contributed by atoms with Crippen molar-refractivity contribution in [3.63, 3.8) is 0 Å². The summed E-state index contributed by atoms with van der Waals surface area (Å²) in [5.41, 5.74) is 0.836. The van der Waals surface area contributed by atoms with E-state index in [1.54, 1.807) is 13.2 Å². The van der Waals surface area contributed by atoms with E-state index >= 15 is 0 Å². The van der Waals surface area contributed by atoms with Crippen molar-refractivity contribution >= 4 is 5.97 Å². The number of rotatable bonds is 9. The molecule has 3 heteroatoms. The summed E-state index contributed by atoms with van der Waals surface area (Å²) in [5.74, 6) is 0.700. The summed E-state index contributed by atoms with van der Waals surface area (Å²) in [6.07, 6.45) is 7.84. The molecule has 0 rings (SSSR count). The summed E-state index contributed by atoms with van der Waals surface area (Å²) < 4.78 is 10.6. The predicted molar refractivity (Wildman–Crippen MR) is 92.8 cm³/mol. The SMILES string of the molecule is COC(C)(C)C(C)CCC(C)C=CC(C)=CC(=O)OC(C)C. The quantitative estimate of drug-likeness (QED) is 0.344. The van der Waals surface area contributed by atoms with Crippen LogP contribution in [-0.2, 0) is 14.3 Å². The van der Waals surface area contributed by atoms with E-state index in [4.69, 9.17) is 9.47 Å². The average molecular weight is 310 g/mol. The van der Waals surface area contributed by atoms with Crippen molar-refractivity contribution in [1.29, 1.82) is 0 Å². The van der Waals surface area contributed by atoms with Crippen molar-refractivity contribution < 1.29 is 14.3 Å². The normalized spacial score (nSPS) is 16.1. The number of esters is 1. The molecule has 0 saturated carbocycles. The summed E-state index contributed by atoms with van der Waals surface area (Å²) >= 11 is 0. The number of carbonyl (C=O) groups excluding carboxylic acids is 1. The Morgan fingerprint density at radius 3 is 2.23 bits per heavy atom. The van der Waals surface area contributed by atoms with Gasteiger partial charge in [0.05, 0.1) is 11.7 Å². The predicted octanol–water partition coefficient (Wildman–Crippen LogP) is 4.92. The largest absolute Gasteiger partial charge is 0.460 e. The molecule has 3 nitrogen and oxygen atoms in total. The molecule has 0 N–H and O–H groups in total. The van der Waals surface area contributed by atoms with Crippen LogP contribution in [0.25, 0.3) is 0 Å². The molecular weight excluding hydrogens is 276 g/mol. The third-order valence-corrected chi connectivity index (χ3v) is 4.15. The van der Waals surface area contributed by atoms with E-state index in [0.717, 1.165) is 18.4 Å². The van der Waals surface area contributed by atoms with Crippen LogP contribution in [-0.4, -0.2) is 24.8 Å². The van der Waals surface area contributed by atoms with Crippen molar-refractivity contribution in [3.8, 4) is 0 Å². The molecule has 2 atom stereocenters. The molecular formula is C19H34O3. The minimum Gasteiger partial charge on any atom is -0.460 e. The van der Waals surface area contributed by atoms with E-state index in [1.807, 2.05) is 26.8 Å². The number of hydrogen-bond acceptors (Lipinski definition) is 3. The maximum absolute atomic E-state index is 11.5. The number of methoxy groups -OCH3 is 1. The Kier molecular flexibility index (Phi) is 9.34. The van der Waals surface area contributed by atoms with E-state index in [9.17, 15) is 4.79 Å². The van der Waals surface area contributed by atoms with Crippen LogP contribution in [0, 0.1) is 11.8 Å². The zero-order chi connectivity index (χ0) is 17.3. The van der Waals surface area contributed by atoms with E-state index in [-0.39, 0.29) is 17.7 Å². The summed E-state index contributed by atoms with van der Waals surface area (Å²) in [4.78, 5) is 11.5. The Morgan fingerprint density at radius 1 is 1.14 bits per heavy atom. The van der Waals surface area contributed by atoms with Gasteiger partial charge in [0.2, 0.25) is 0 Å². The molecule has 0 saturated heterocycles. The smallest absolute Gasteiger partial charge is 0.331 e. The minimum absolute atomic E-state index is 0.0786. The topological polar surface area (TPSA) is 35.5 Å². The summed E-state index contributed by atoms with van der Waals surface area (Å²) in [6.45, 7) is 14.3. The van der Waals surface area contributed by atoms with Crippen LogP contribution in [0.1, 0.15) is 61.3 Å². The van der Waals surface area contributed by atoms with Gasteiger partial charge >= 0.3 is 5.97 Å². The highest BCUT2D eigenvalue weighted by atomic mass is 16.5. The van der Waals surface area contributed by atoms with Gasteiger partial charge in [-0.05, 0) is 64.9 Å². The summed E-state index contributed by atoms with van der Waals surface area (Å²) in [5, 5.41) is 0. The molecule has 0 aromatic carbocycles. The lowest BCUT2D eigenvalue weighted by atomic mass is 9.86. The minimum atomic E-state index is -0.278. The van der Waals surface area contributed by atoms with Gasteiger partial charge in [0.25, 0.3) is 0 Å². The highest BCUT2D eigenvalue weighted by Crippen LogP contribution is 2.26. The van der Waals surface area contributed by atoms with Gasteiger partial charge in [-0.3, -0.25) is 0 Å². The first-order valence-corrected chi connectivity index (χ1v) is 8.20. The Hall–Kier alpha value is -1.09. The van der Waals surface area contributed by atoms with E-state index in [2.05, 4.69) is 33.8 Å². The fourth-order valence-corrected chi connectivity index (χ4v) is 1.97. The van der Waals surface area contributed by atoms with Crippen molar-refractivity contribution in [3.05, 3.63) is 23.8 Å². The third-order valence-electron chi connectivity index (χ3n) is 4.15. The molecule has 0 aliphatic rings.